The maximum absolute atomic E-state index is 14.0. The van der Waals surface area contributed by atoms with E-state index in [1.54, 1.807) is 35.2 Å². The van der Waals surface area contributed by atoms with Crippen LogP contribution >= 0.6 is 0 Å². The number of rotatable bonds is 6. The van der Waals surface area contributed by atoms with Crippen LogP contribution in [0.3, 0.4) is 0 Å². The Kier molecular flexibility index (Phi) is 8.16. The number of nitrogens with zero attached hydrogens (tertiary/aromatic N) is 1. The molecule has 0 unspecified atom stereocenters. The molecule has 7 rings (SSSR count). The molecule has 2 heterocycles. The summed E-state index contributed by atoms with van der Waals surface area (Å²) in [7, 11) is 0. The Bertz CT molecular complexity index is 1720. The van der Waals surface area contributed by atoms with E-state index in [0.717, 1.165) is 22.4 Å². The quantitative estimate of drug-likeness (QED) is 0.173. The molecule has 9 heteroatoms. The van der Waals surface area contributed by atoms with Crippen molar-refractivity contribution in [2.75, 3.05) is 11.5 Å². The van der Waals surface area contributed by atoms with Gasteiger partial charge in [-0.25, -0.2) is 0 Å². The van der Waals surface area contributed by atoms with Gasteiger partial charge in [0.15, 0.2) is 0 Å². The molecule has 1 amide bonds. The fourth-order valence-corrected chi connectivity index (χ4v) is 7.78. The van der Waals surface area contributed by atoms with Gasteiger partial charge in [0.2, 0.25) is 5.91 Å². The van der Waals surface area contributed by atoms with Crippen molar-refractivity contribution in [1.29, 1.82) is 0 Å². The molecule has 4 aromatic carbocycles. The van der Waals surface area contributed by atoms with Gasteiger partial charge in [-0.2, -0.15) is 0 Å². The fraction of sp³-hybridized carbons (Fsp3) is 0.342. The molecule has 6 atom stereocenters. The molecule has 0 bridgehead atoms. The molecule has 2 aliphatic heterocycles. The molecule has 0 radical (unpaired) electrons. The average molecular weight is 638 g/mol. The van der Waals surface area contributed by atoms with Gasteiger partial charge in [0, 0.05) is 11.3 Å². The Morgan fingerprint density at radius 2 is 1.36 bits per heavy atom. The number of phenolic OH excluding ortho intramolecular Hbond substituents is 1. The normalized spacial score (nSPS) is 32.3. The van der Waals surface area contributed by atoms with E-state index in [1.807, 2.05) is 72.8 Å². The highest BCUT2D eigenvalue weighted by Crippen LogP contribution is 2.62. The summed E-state index contributed by atoms with van der Waals surface area (Å²) in [6, 6.07) is 31.2. The lowest BCUT2D eigenvalue weighted by molar-refractivity contribution is -0.231. The van der Waals surface area contributed by atoms with Crippen LogP contribution in [0.15, 0.2) is 103 Å². The van der Waals surface area contributed by atoms with E-state index in [2.05, 4.69) is 0 Å². The summed E-state index contributed by atoms with van der Waals surface area (Å²) in [6.45, 7) is -0.505. The van der Waals surface area contributed by atoms with Crippen molar-refractivity contribution in [2.24, 2.45) is 5.41 Å². The predicted octanol–water partition coefficient (Wildman–Crippen LogP) is 4.11. The average Bonchev–Trinajstić information content (AvgIpc) is 3.11. The zero-order chi connectivity index (χ0) is 32.9. The molecule has 2 saturated heterocycles. The van der Waals surface area contributed by atoms with Gasteiger partial charge in [0.1, 0.15) is 36.3 Å². The van der Waals surface area contributed by atoms with Crippen LogP contribution in [-0.4, -0.2) is 67.6 Å². The van der Waals surface area contributed by atoms with E-state index in [9.17, 15) is 35.4 Å². The van der Waals surface area contributed by atoms with E-state index >= 15 is 0 Å². The summed E-state index contributed by atoms with van der Waals surface area (Å²) in [6.07, 6.45) is -4.41. The first-order valence-electron chi connectivity index (χ1n) is 16.1. The van der Waals surface area contributed by atoms with Crippen LogP contribution in [0, 0.1) is 5.41 Å². The van der Waals surface area contributed by atoms with E-state index in [0.29, 0.717) is 36.8 Å². The van der Waals surface area contributed by atoms with Crippen molar-refractivity contribution in [3.8, 4) is 16.9 Å². The highest BCUT2D eigenvalue weighted by molar-refractivity contribution is 6.06. The number of hydrogen-bond acceptors (Lipinski definition) is 8. The molecular formula is C38H39NO8. The minimum Gasteiger partial charge on any atom is -0.508 e. The minimum absolute atomic E-state index is 0.00364. The number of aromatic hydroxyl groups is 1. The molecule has 47 heavy (non-hydrogen) atoms. The Labute approximate surface area is 272 Å². The highest BCUT2D eigenvalue weighted by atomic mass is 16.5. The number of benzene rings is 4. The van der Waals surface area contributed by atoms with Crippen molar-refractivity contribution in [3.05, 3.63) is 120 Å². The maximum Gasteiger partial charge on any atom is 0.236 e. The second-order valence-electron chi connectivity index (χ2n) is 13.1. The van der Waals surface area contributed by atoms with E-state index in [-0.39, 0.29) is 11.7 Å². The van der Waals surface area contributed by atoms with Crippen LogP contribution in [0.5, 0.6) is 5.75 Å². The van der Waals surface area contributed by atoms with Crippen LogP contribution in [0.4, 0.5) is 5.69 Å². The Morgan fingerprint density at radius 3 is 1.98 bits per heavy atom. The third kappa shape index (κ3) is 5.24. The van der Waals surface area contributed by atoms with E-state index in [1.165, 1.54) is 0 Å². The van der Waals surface area contributed by atoms with Gasteiger partial charge < -0.3 is 40.3 Å². The zero-order valence-corrected chi connectivity index (χ0v) is 25.8. The number of carbonyl (C=O) groups excluding carboxylic acids is 1. The predicted molar refractivity (Wildman–Crippen MR) is 174 cm³/mol. The van der Waals surface area contributed by atoms with Crippen LogP contribution in [-0.2, 0) is 15.1 Å². The number of phenols is 1. The van der Waals surface area contributed by atoms with Crippen LogP contribution < -0.4 is 4.90 Å². The summed E-state index contributed by atoms with van der Waals surface area (Å²) in [5.74, 6) is 0.0540. The number of anilines is 1. The van der Waals surface area contributed by atoms with Crippen LogP contribution in [0.25, 0.3) is 11.1 Å². The van der Waals surface area contributed by atoms with Crippen molar-refractivity contribution in [1.82, 2.24) is 0 Å². The number of aliphatic hydroxyl groups is 5. The SMILES string of the molecule is O=C1N(c2ccccc2)[C@H](c2ccc(-c3ccc([C@@H]4O[C@H](CO)[C@@H](O)[C@H](O)[C@H]4O)cc3)cc2O)C12CCC(O)(c1ccccc1)CC2. The summed E-state index contributed by atoms with van der Waals surface area (Å²) in [4.78, 5) is 15.8. The second-order valence-corrected chi connectivity index (χ2v) is 13.1. The molecule has 9 nitrogen and oxygen atoms in total. The maximum atomic E-state index is 14.0. The third-order valence-corrected chi connectivity index (χ3v) is 10.5. The molecule has 0 aromatic heterocycles. The van der Waals surface area contributed by atoms with Gasteiger partial charge in [-0.15, -0.1) is 0 Å². The summed E-state index contributed by atoms with van der Waals surface area (Å²) < 4.78 is 5.69. The zero-order valence-electron chi connectivity index (χ0n) is 25.8. The molecule has 3 aliphatic rings. The highest BCUT2D eigenvalue weighted by Gasteiger charge is 2.64. The van der Waals surface area contributed by atoms with Gasteiger partial charge in [-0.1, -0.05) is 84.9 Å². The fourth-order valence-electron chi connectivity index (χ4n) is 7.78. The largest absolute Gasteiger partial charge is 0.508 e. The van der Waals surface area contributed by atoms with Crippen molar-refractivity contribution in [2.45, 2.75) is 67.8 Å². The molecule has 1 saturated carbocycles. The van der Waals surface area contributed by atoms with Gasteiger partial charge in [-0.3, -0.25) is 4.79 Å². The Morgan fingerprint density at radius 1 is 0.745 bits per heavy atom. The Hall–Kier alpha value is -4.09. The van der Waals surface area contributed by atoms with Crippen LogP contribution in [0.2, 0.25) is 0 Å². The van der Waals surface area contributed by atoms with Gasteiger partial charge in [0.05, 0.1) is 23.7 Å². The molecule has 1 spiro atoms. The Balaban J connectivity index is 1.17. The first kappa shape index (κ1) is 31.5. The van der Waals surface area contributed by atoms with Crippen molar-refractivity contribution >= 4 is 11.6 Å². The van der Waals surface area contributed by atoms with E-state index < -0.39 is 54.2 Å². The third-order valence-electron chi connectivity index (χ3n) is 10.5. The number of carbonyl (C=O) groups is 1. The molecule has 244 valence electrons. The number of para-hydroxylation sites is 1. The summed E-state index contributed by atoms with van der Waals surface area (Å²) in [5, 5.41) is 63.5. The molecule has 4 aromatic rings. The standard InChI is InChI=1S/C38H39NO8/c40-22-30-31(42)32(43)33(44)34(47-30)24-13-11-23(12-14-24)25-15-16-28(29(41)21-25)35-37(36(45)39(35)27-9-5-2-6-10-27)17-19-38(46,20-18-37)26-7-3-1-4-8-26/h1-16,21,30-35,40-44,46H,17-20,22H2/t30-,31-,32+,33-,34+,35-,37?,38?/m1/s1. The number of β-lactam (4-membered cyclic amide) rings is 1. The smallest absolute Gasteiger partial charge is 0.236 e. The lowest BCUT2D eigenvalue weighted by Crippen LogP contribution is -2.65. The van der Waals surface area contributed by atoms with Crippen molar-refractivity contribution < 1.29 is 40.2 Å². The number of amides is 1. The number of ether oxygens (including phenoxy) is 1. The van der Waals surface area contributed by atoms with Gasteiger partial charge in [-0.05, 0) is 66.1 Å². The summed E-state index contributed by atoms with van der Waals surface area (Å²) in [5.41, 5.74) is 2.55. The van der Waals surface area contributed by atoms with Crippen LogP contribution in [0.1, 0.15) is 54.5 Å². The lowest BCUT2D eigenvalue weighted by Gasteiger charge is -2.59. The molecule has 1 aliphatic carbocycles. The lowest BCUT2D eigenvalue weighted by atomic mass is 9.56. The van der Waals surface area contributed by atoms with Crippen molar-refractivity contribution in [3.63, 3.8) is 0 Å². The summed E-state index contributed by atoms with van der Waals surface area (Å²) >= 11 is 0. The first-order chi connectivity index (χ1) is 22.7. The van der Waals surface area contributed by atoms with Gasteiger partial charge in [0.25, 0.3) is 0 Å². The molecule has 3 fully saturated rings. The topological polar surface area (TPSA) is 151 Å². The number of aliphatic hydroxyl groups excluding tert-OH is 4. The van der Waals surface area contributed by atoms with E-state index in [4.69, 9.17) is 4.74 Å². The minimum atomic E-state index is -1.47. The monoisotopic (exact) mass is 637 g/mol. The second kappa shape index (κ2) is 12.2. The number of hydrogen-bond donors (Lipinski definition) is 6. The molecular weight excluding hydrogens is 598 g/mol. The first-order valence-corrected chi connectivity index (χ1v) is 16.1. The molecule has 6 N–H and O–H groups in total. The van der Waals surface area contributed by atoms with Gasteiger partial charge >= 0.3 is 0 Å².